The highest BCUT2D eigenvalue weighted by atomic mass is 32.1. The molecule has 0 unspecified atom stereocenters. The molecule has 124 valence electrons. The minimum absolute atomic E-state index is 0.179. The van der Waals surface area contributed by atoms with Crippen LogP contribution in [0.4, 0.5) is 0 Å². The third-order valence-corrected chi connectivity index (χ3v) is 5.31. The number of carbonyl (C=O) groups excluding carboxylic acids is 1. The maximum Gasteiger partial charge on any atom is 0.287 e. The Morgan fingerprint density at radius 1 is 1.38 bits per heavy atom. The van der Waals surface area contributed by atoms with E-state index in [-0.39, 0.29) is 5.91 Å². The maximum absolute atomic E-state index is 12.5. The van der Waals surface area contributed by atoms with E-state index < -0.39 is 0 Å². The van der Waals surface area contributed by atoms with Crippen LogP contribution in [0.3, 0.4) is 0 Å². The number of hydrogen-bond acceptors (Lipinski definition) is 5. The van der Waals surface area contributed by atoms with Gasteiger partial charge in [0, 0.05) is 35.4 Å². The zero-order chi connectivity index (χ0) is 16.7. The van der Waals surface area contributed by atoms with Gasteiger partial charge in [0.05, 0.1) is 17.0 Å². The first-order chi connectivity index (χ1) is 11.6. The van der Waals surface area contributed by atoms with E-state index in [1.807, 2.05) is 26.0 Å². The summed E-state index contributed by atoms with van der Waals surface area (Å²) in [6.45, 7) is 4.46. The van der Waals surface area contributed by atoms with Crippen LogP contribution in [0.5, 0.6) is 0 Å². The largest absolute Gasteiger partial charge is 0.469 e. The molecule has 0 saturated heterocycles. The van der Waals surface area contributed by atoms with Crippen molar-refractivity contribution in [2.45, 2.75) is 33.1 Å². The molecule has 4 rings (SSSR count). The standard InChI is InChI=1S/C18H18N2O3S/c1-10-15-13(5-6-14-16(15)20-11(2)24-14)23-17(10)18(21)19-8-7-12-4-3-9-22-12/h3-4,9H,5-8H2,1-2H3,(H,19,21). The Labute approximate surface area is 143 Å². The maximum atomic E-state index is 12.5. The molecule has 6 heteroatoms. The summed E-state index contributed by atoms with van der Waals surface area (Å²) in [5.41, 5.74) is 2.89. The highest BCUT2D eigenvalue weighted by Gasteiger charge is 2.29. The van der Waals surface area contributed by atoms with Crippen molar-refractivity contribution < 1.29 is 13.6 Å². The molecule has 3 heterocycles. The van der Waals surface area contributed by atoms with Crippen LogP contribution < -0.4 is 5.32 Å². The van der Waals surface area contributed by atoms with Crippen LogP contribution in [-0.2, 0) is 19.3 Å². The molecule has 0 bridgehead atoms. The highest BCUT2D eigenvalue weighted by Crippen LogP contribution is 2.40. The van der Waals surface area contributed by atoms with Crippen LogP contribution >= 0.6 is 11.3 Å². The number of thiazole rings is 1. The number of hydrogen-bond donors (Lipinski definition) is 1. The fourth-order valence-corrected chi connectivity index (χ4v) is 4.11. The second-order valence-corrected chi connectivity index (χ2v) is 7.23. The number of aryl methyl sites for hydroxylation is 3. The van der Waals surface area contributed by atoms with E-state index in [1.165, 1.54) is 4.88 Å². The van der Waals surface area contributed by atoms with Crippen LogP contribution in [0, 0.1) is 13.8 Å². The molecule has 0 aromatic carbocycles. The monoisotopic (exact) mass is 342 g/mol. The Hall–Kier alpha value is -2.34. The zero-order valence-electron chi connectivity index (χ0n) is 13.6. The molecule has 0 atom stereocenters. The van der Waals surface area contributed by atoms with Gasteiger partial charge in [-0.15, -0.1) is 11.3 Å². The lowest BCUT2D eigenvalue weighted by Crippen LogP contribution is -2.25. The van der Waals surface area contributed by atoms with E-state index in [2.05, 4.69) is 10.3 Å². The first kappa shape index (κ1) is 15.2. The summed E-state index contributed by atoms with van der Waals surface area (Å²) >= 11 is 1.73. The molecule has 1 N–H and O–H groups in total. The van der Waals surface area contributed by atoms with Crippen molar-refractivity contribution in [1.29, 1.82) is 0 Å². The normalized spacial score (nSPS) is 12.8. The van der Waals surface area contributed by atoms with Crippen LogP contribution in [0.2, 0.25) is 0 Å². The number of aromatic nitrogens is 1. The van der Waals surface area contributed by atoms with Crippen molar-refractivity contribution in [2.24, 2.45) is 0 Å². The number of amides is 1. The highest BCUT2D eigenvalue weighted by molar-refractivity contribution is 7.12. The average Bonchev–Trinajstić information content (AvgIpc) is 3.25. The van der Waals surface area contributed by atoms with E-state index >= 15 is 0 Å². The second-order valence-electron chi connectivity index (χ2n) is 5.94. The van der Waals surface area contributed by atoms with Crippen molar-refractivity contribution >= 4 is 17.2 Å². The molecule has 5 nitrogen and oxygen atoms in total. The summed E-state index contributed by atoms with van der Waals surface area (Å²) in [6, 6.07) is 3.74. The van der Waals surface area contributed by atoms with Crippen LogP contribution in [-0.4, -0.2) is 17.4 Å². The Bertz CT molecular complexity index is 890. The predicted octanol–water partition coefficient (Wildman–Crippen LogP) is 3.68. The molecule has 0 saturated carbocycles. The number of rotatable bonds is 4. The van der Waals surface area contributed by atoms with Crippen molar-refractivity contribution in [3.63, 3.8) is 0 Å². The summed E-state index contributed by atoms with van der Waals surface area (Å²) < 4.78 is 11.2. The van der Waals surface area contributed by atoms with Gasteiger partial charge in [0.2, 0.25) is 0 Å². The molecule has 0 fully saturated rings. The Balaban J connectivity index is 1.55. The van der Waals surface area contributed by atoms with Crippen LogP contribution in [0.1, 0.15) is 37.5 Å². The van der Waals surface area contributed by atoms with Gasteiger partial charge in [-0.2, -0.15) is 0 Å². The fraction of sp³-hybridized carbons (Fsp3) is 0.333. The van der Waals surface area contributed by atoms with E-state index in [0.717, 1.165) is 46.2 Å². The summed E-state index contributed by atoms with van der Waals surface area (Å²) in [5.74, 6) is 1.95. The summed E-state index contributed by atoms with van der Waals surface area (Å²) in [6.07, 6.45) is 4.05. The molecule has 0 spiro atoms. The molecule has 1 aliphatic rings. The summed E-state index contributed by atoms with van der Waals surface area (Å²) in [4.78, 5) is 18.4. The van der Waals surface area contributed by atoms with Crippen molar-refractivity contribution in [1.82, 2.24) is 10.3 Å². The lowest BCUT2D eigenvalue weighted by molar-refractivity contribution is 0.0923. The van der Waals surface area contributed by atoms with E-state index in [9.17, 15) is 4.79 Å². The topological polar surface area (TPSA) is 68.3 Å². The Morgan fingerprint density at radius 2 is 2.25 bits per heavy atom. The van der Waals surface area contributed by atoms with Crippen LogP contribution in [0.15, 0.2) is 27.2 Å². The third-order valence-electron chi connectivity index (χ3n) is 4.28. The van der Waals surface area contributed by atoms with E-state index in [1.54, 1.807) is 17.6 Å². The van der Waals surface area contributed by atoms with Crippen LogP contribution in [0.25, 0.3) is 11.3 Å². The molecule has 24 heavy (non-hydrogen) atoms. The molecule has 3 aromatic heterocycles. The Kier molecular flexibility index (Phi) is 3.76. The Morgan fingerprint density at radius 3 is 3.04 bits per heavy atom. The number of nitrogens with zero attached hydrogens (tertiary/aromatic N) is 1. The lowest BCUT2D eigenvalue weighted by Gasteiger charge is -2.09. The van der Waals surface area contributed by atoms with Gasteiger partial charge < -0.3 is 14.2 Å². The van der Waals surface area contributed by atoms with Gasteiger partial charge in [0.25, 0.3) is 5.91 Å². The molecule has 3 aromatic rings. The summed E-state index contributed by atoms with van der Waals surface area (Å²) in [7, 11) is 0. The first-order valence-electron chi connectivity index (χ1n) is 8.03. The van der Waals surface area contributed by atoms with Gasteiger partial charge in [-0.1, -0.05) is 0 Å². The molecule has 0 radical (unpaired) electrons. The average molecular weight is 342 g/mol. The third kappa shape index (κ3) is 2.57. The lowest BCUT2D eigenvalue weighted by atomic mass is 9.97. The molecule has 1 aliphatic carbocycles. The summed E-state index contributed by atoms with van der Waals surface area (Å²) in [5, 5.41) is 3.96. The SMILES string of the molecule is Cc1nc2c(s1)CCc1oc(C(=O)NCCc3ccco3)c(C)c1-2. The minimum Gasteiger partial charge on any atom is -0.469 e. The molecular formula is C18H18N2O3S. The van der Waals surface area contributed by atoms with Gasteiger partial charge in [0.1, 0.15) is 11.5 Å². The van der Waals surface area contributed by atoms with E-state index in [0.29, 0.717) is 18.7 Å². The second kappa shape index (κ2) is 5.94. The van der Waals surface area contributed by atoms with E-state index in [4.69, 9.17) is 8.83 Å². The number of furan rings is 2. The van der Waals surface area contributed by atoms with Gasteiger partial charge in [-0.25, -0.2) is 4.98 Å². The first-order valence-corrected chi connectivity index (χ1v) is 8.84. The zero-order valence-corrected chi connectivity index (χ0v) is 14.5. The number of carbonyl (C=O) groups is 1. The fourth-order valence-electron chi connectivity index (χ4n) is 3.17. The van der Waals surface area contributed by atoms with Gasteiger partial charge in [-0.05, 0) is 32.4 Å². The van der Waals surface area contributed by atoms with Gasteiger partial charge >= 0.3 is 0 Å². The smallest absolute Gasteiger partial charge is 0.287 e. The number of fused-ring (bicyclic) bond motifs is 3. The number of nitrogens with one attached hydrogen (secondary N) is 1. The predicted molar refractivity (Wildman–Crippen MR) is 91.4 cm³/mol. The van der Waals surface area contributed by atoms with Crippen molar-refractivity contribution in [3.8, 4) is 11.3 Å². The quantitative estimate of drug-likeness (QED) is 0.785. The molecule has 0 aliphatic heterocycles. The van der Waals surface area contributed by atoms with Gasteiger partial charge in [-0.3, -0.25) is 4.79 Å². The molecular weight excluding hydrogens is 324 g/mol. The van der Waals surface area contributed by atoms with Crippen molar-refractivity contribution in [2.75, 3.05) is 6.54 Å². The van der Waals surface area contributed by atoms with Crippen molar-refractivity contribution in [3.05, 3.63) is 51.1 Å². The minimum atomic E-state index is -0.179. The van der Waals surface area contributed by atoms with Gasteiger partial charge in [0.15, 0.2) is 5.76 Å². The molecule has 1 amide bonds.